The molecule has 0 saturated carbocycles. The number of aromatic nitrogens is 2. The van der Waals surface area contributed by atoms with Crippen LogP contribution < -0.4 is 11.1 Å². The molecule has 0 bridgehead atoms. The maximum Gasteiger partial charge on any atom is 0.244 e. The number of carbonyl (C=O) groups is 1. The van der Waals surface area contributed by atoms with Gasteiger partial charge in [0.05, 0.1) is 0 Å². The fourth-order valence-corrected chi connectivity index (χ4v) is 1.26. The molecule has 0 aliphatic heterocycles. The highest BCUT2D eigenvalue weighted by molar-refractivity contribution is 5.79. The molecule has 0 aliphatic carbocycles. The molecule has 1 aromatic rings. The van der Waals surface area contributed by atoms with E-state index in [1.807, 2.05) is 0 Å². The number of hydrogen-bond acceptors (Lipinski definition) is 4. The fourth-order valence-electron chi connectivity index (χ4n) is 1.26. The van der Waals surface area contributed by atoms with Crippen molar-refractivity contribution in [2.75, 3.05) is 26.0 Å². The second kappa shape index (κ2) is 6.12. The van der Waals surface area contributed by atoms with Crippen molar-refractivity contribution in [3.63, 3.8) is 0 Å². The van der Waals surface area contributed by atoms with Crippen LogP contribution in [0.3, 0.4) is 0 Å². The van der Waals surface area contributed by atoms with E-state index >= 15 is 0 Å². The third-order valence-electron chi connectivity index (χ3n) is 2.23. The lowest BCUT2D eigenvalue weighted by atomic mass is 10.3. The SMILES string of the molecule is COCCCNC(=O)C(C)n1ccc(N)n1. The summed E-state index contributed by atoms with van der Waals surface area (Å²) >= 11 is 0. The third-order valence-corrected chi connectivity index (χ3v) is 2.23. The number of hydrogen-bond donors (Lipinski definition) is 2. The van der Waals surface area contributed by atoms with Crippen LogP contribution in [0.1, 0.15) is 19.4 Å². The molecule has 1 heterocycles. The molecule has 90 valence electrons. The zero-order chi connectivity index (χ0) is 12.0. The van der Waals surface area contributed by atoms with Gasteiger partial charge in [0.25, 0.3) is 0 Å². The smallest absolute Gasteiger partial charge is 0.244 e. The van der Waals surface area contributed by atoms with Gasteiger partial charge >= 0.3 is 0 Å². The number of nitrogens with two attached hydrogens (primary N) is 1. The molecule has 0 saturated heterocycles. The zero-order valence-corrected chi connectivity index (χ0v) is 9.64. The Morgan fingerprint density at radius 2 is 2.50 bits per heavy atom. The van der Waals surface area contributed by atoms with Crippen LogP contribution in [0.2, 0.25) is 0 Å². The lowest BCUT2D eigenvalue weighted by molar-refractivity contribution is -0.124. The van der Waals surface area contributed by atoms with Crippen molar-refractivity contribution in [1.29, 1.82) is 0 Å². The Morgan fingerprint density at radius 3 is 3.06 bits per heavy atom. The van der Waals surface area contributed by atoms with Crippen LogP contribution in [0.5, 0.6) is 0 Å². The minimum absolute atomic E-state index is 0.0702. The van der Waals surface area contributed by atoms with Crippen LogP contribution in [0.25, 0.3) is 0 Å². The average Bonchev–Trinajstić information content (AvgIpc) is 2.70. The average molecular weight is 226 g/mol. The zero-order valence-electron chi connectivity index (χ0n) is 9.64. The van der Waals surface area contributed by atoms with Crippen LogP contribution in [-0.4, -0.2) is 35.9 Å². The number of nitrogen functional groups attached to an aromatic ring is 1. The van der Waals surface area contributed by atoms with Crippen molar-refractivity contribution in [3.8, 4) is 0 Å². The number of ether oxygens (including phenoxy) is 1. The molecule has 16 heavy (non-hydrogen) atoms. The molecule has 3 N–H and O–H groups in total. The first-order valence-corrected chi connectivity index (χ1v) is 5.22. The highest BCUT2D eigenvalue weighted by atomic mass is 16.5. The predicted molar refractivity (Wildman–Crippen MR) is 60.9 cm³/mol. The third kappa shape index (κ3) is 3.54. The summed E-state index contributed by atoms with van der Waals surface area (Å²) in [6, 6.07) is 1.31. The maximum absolute atomic E-state index is 11.7. The van der Waals surface area contributed by atoms with Crippen LogP contribution in [0.15, 0.2) is 12.3 Å². The van der Waals surface area contributed by atoms with Gasteiger partial charge in [0.15, 0.2) is 0 Å². The van der Waals surface area contributed by atoms with Gasteiger partial charge in [0.1, 0.15) is 11.9 Å². The molecule has 0 fully saturated rings. The molecule has 1 atom stereocenters. The van der Waals surface area contributed by atoms with Gasteiger partial charge in [-0.25, -0.2) is 0 Å². The van der Waals surface area contributed by atoms with Gasteiger partial charge in [-0.15, -0.1) is 0 Å². The Hall–Kier alpha value is -1.56. The van der Waals surface area contributed by atoms with E-state index < -0.39 is 0 Å². The van der Waals surface area contributed by atoms with Crippen molar-refractivity contribution < 1.29 is 9.53 Å². The lowest BCUT2D eigenvalue weighted by Crippen LogP contribution is -2.32. The number of rotatable bonds is 6. The normalized spacial score (nSPS) is 12.4. The van der Waals surface area contributed by atoms with Crippen molar-refractivity contribution in [2.24, 2.45) is 0 Å². The summed E-state index contributed by atoms with van der Waals surface area (Å²) < 4.78 is 6.43. The van der Waals surface area contributed by atoms with Gasteiger partial charge in [-0.3, -0.25) is 9.48 Å². The Kier molecular flexibility index (Phi) is 4.78. The summed E-state index contributed by atoms with van der Waals surface area (Å²) in [6.45, 7) is 3.02. The summed E-state index contributed by atoms with van der Waals surface area (Å²) in [4.78, 5) is 11.7. The van der Waals surface area contributed by atoms with E-state index in [9.17, 15) is 4.79 Å². The van der Waals surface area contributed by atoms with E-state index in [-0.39, 0.29) is 11.9 Å². The van der Waals surface area contributed by atoms with Crippen LogP contribution in [-0.2, 0) is 9.53 Å². The number of methoxy groups -OCH3 is 1. The summed E-state index contributed by atoms with van der Waals surface area (Å²) in [7, 11) is 1.64. The lowest BCUT2D eigenvalue weighted by Gasteiger charge is -2.12. The molecule has 6 nitrogen and oxygen atoms in total. The van der Waals surface area contributed by atoms with E-state index in [0.717, 1.165) is 6.42 Å². The second-order valence-corrected chi connectivity index (χ2v) is 3.53. The minimum atomic E-state index is -0.347. The van der Waals surface area contributed by atoms with E-state index in [0.29, 0.717) is 19.0 Å². The molecule has 0 spiro atoms. The number of nitrogens with zero attached hydrogens (tertiary/aromatic N) is 2. The molecule has 0 aromatic carbocycles. The van der Waals surface area contributed by atoms with Crippen LogP contribution >= 0.6 is 0 Å². The maximum atomic E-state index is 11.7. The number of nitrogens with one attached hydrogen (secondary N) is 1. The van der Waals surface area contributed by atoms with E-state index in [1.165, 1.54) is 0 Å². The van der Waals surface area contributed by atoms with Gasteiger partial charge in [-0.2, -0.15) is 5.10 Å². The van der Waals surface area contributed by atoms with Crippen molar-refractivity contribution in [2.45, 2.75) is 19.4 Å². The van der Waals surface area contributed by atoms with E-state index in [4.69, 9.17) is 10.5 Å². The Balaban J connectivity index is 2.36. The van der Waals surface area contributed by atoms with Crippen molar-refractivity contribution in [3.05, 3.63) is 12.3 Å². The molecule has 1 rings (SSSR count). The Bertz CT molecular complexity index is 337. The van der Waals surface area contributed by atoms with Crippen LogP contribution in [0, 0.1) is 0 Å². The first kappa shape index (κ1) is 12.5. The summed E-state index contributed by atoms with van der Waals surface area (Å²) in [6.07, 6.45) is 2.49. The quantitative estimate of drug-likeness (QED) is 0.678. The minimum Gasteiger partial charge on any atom is -0.385 e. The monoisotopic (exact) mass is 226 g/mol. The van der Waals surface area contributed by atoms with Gasteiger partial charge in [0, 0.05) is 26.5 Å². The molecule has 0 aliphatic rings. The van der Waals surface area contributed by atoms with Crippen LogP contribution in [0.4, 0.5) is 5.82 Å². The second-order valence-electron chi connectivity index (χ2n) is 3.53. The predicted octanol–water partition coefficient (Wildman–Crippen LogP) is 0.179. The summed E-state index contributed by atoms with van der Waals surface area (Å²) in [5.41, 5.74) is 5.48. The van der Waals surface area contributed by atoms with Gasteiger partial charge in [0.2, 0.25) is 5.91 Å². The summed E-state index contributed by atoms with van der Waals surface area (Å²) in [5.74, 6) is 0.346. The standard InChI is InChI=1S/C10H18N4O2/c1-8(14-6-4-9(11)13-14)10(15)12-5-3-7-16-2/h4,6,8H,3,5,7H2,1-2H3,(H2,11,13)(H,12,15). The van der Waals surface area contributed by atoms with Gasteiger partial charge in [-0.05, 0) is 19.4 Å². The molecular weight excluding hydrogens is 208 g/mol. The highest BCUT2D eigenvalue weighted by Crippen LogP contribution is 2.06. The van der Waals surface area contributed by atoms with Crippen molar-refractivity contribution in [1.82, 2.24) is 15.1 Å². The van der Waals surface area contributed by atoms with Crippen molar-refractivity contribution >= 4 is 11.7 Å². The molecule has 6 heteroatoms. The first-order valence-electron chi connectivity index (χ1n) is 5.22. The van der Waals surface area contributed by atoms with E-state index in [1.54, 1.807) is 31.0 Å². The molecule has 1 aromatic heterocycles. The molecule has 0 radical (unpaired) electrons. The first-order chi connectivity index (χ1) is 7.65. The topological polar surface area (TPSA) is 82.2 Å². The molecule has 1 amide bonds. The highest BCUT2D eigenvalue weighted by Gasteiger charge is 2.14. The fraction of sp³-hybridized carbons (Fsp3) is 0.600. The largest absolute Gasteiger partial charge is 0.385 e. The molecular formula is C10H18N4O2. The Morgan fingerprint density at radius 1 is 1.75 bits per heavy atom. The Labute approximate surface area is 94.8 Å². The number of carbonyl (C=O) groups excluding carboxylic acids is 1. The van der Waals surface area contributed by atoms with Gasteiger partial charge in [-0.1, -0.05) is 0 Å². The van der Waals surface area contributed by atoms with Gasteiger partial charge < -0.3 is 15.8 Å². The number of anilines is 1. The van der Waals surface area contributed by atoms with E-state index in [2.05, 4.69) is 10.4 Å². The number of amides is 1. The summed E-state index contributed by atoms with van der Waals surface area (Å²) in [5, 5.41) is 6.79. The molecule has 1 unspecified atom stereocenters.